The van der Waals surface area contributed by atoms with E-state index in [9.17, 15) is 14.7 Å². The molecule has 6 heteroatoms. The van der Waals surface area contributed by atoms with E-state index < -0.39 is 17.3 Å². The Balaban J connectivity index is 2.96. The van der Waals surface area contributed by atoms with E-state index in [0.29, 0.717) is 16.3 Å². The summed E-state index contributed by atoms with van der Waals surface area (Å²) in [7, 11) is 0. The second-order valence-electron chi connectivity index (χ2n) is 4.94. The van der Waals surface area contributed by atoms with Gasteiger partial charge in [-0.1, -0.05) is 28.1 Å². The highest BCUT2D eigenvalue weighted by Gasteiger charge is 2.21. The lowest BCUT2D eigenvalue weighted by atomic mass is 10.1. The molecular formula is C18H18BrNO4. The van der Waals surface area contributed by atoms with Gasteiger partial charge in [-0.05, 0) is 45.0 Å². The van der Waals surface area contributed by atoms with Crippen LogP contribution in [0.1, 0.15) is 31.1 Å². The minimum atomic E-state index is -0.716. The van der Waals surface area contributed by atoms with Crippen molar-refractivity contribution in [1.29, 1.82) is 0 Å². The van der Waals surface area contributed by atoms with Crippen molar-refractivity contribution in [3.63, 3.8) is 0 Å². The van der Waals surface area contributed by atoms with Crippen LogP contribution in [0.2, 0.25) is 0 Å². The van der Waals surface area contributed by atoms with Crippen molar-refractivity contribution >= 4 is 34.1 Å². The van der Waals surface area contributed by atoms with E-state index in [1.54, 1.807) is 57.2 Å². The molecule has 0 fully saturated rings. The van der Waals surface area contributed by atoms with Crippen molar-refractivity contribution in [3.8, 4) is 11.4 Å². The van der Waals surface area contributed by atoms with Crippen molar-refractivity contribution in [2.45, 2.75) is 20.8 Å². The summed E-state index contributed by atoms with van der Waals surface area (Å²) in [5, 5.41) is 11.3. The third kappa shape index (κ3) is 3.14. The van der Waals surface area contributed by atoms with E-state index in [0.717, 1.165) is 4.47 Å². The zero-order valence-corrected chi connectivity index (χ0v) is 15.3. The molecule has 0 atom stereocenters. The van der Waals surface area contributed by atoms with Crippen LogP contribution in [-0.4, -0.2) is 22.2 Å². The molecule has 1 aromatic carbocycles. The first-order valence-corrected chi connectivity index (χ1v) is 8.29. The number of halogens is 1. The van der Waals surface area contributed by atoms with Crippen LogP contribution in [0.25, 0.3) is 17.8 Å². The largest absolute Gasteiger partial charge is 0.502 e. The van der Waals surface area contributed by atoms with Crippen molar-refractivity contribution < 1.29 is 14.6 Å². The van der Waals surface area contributed by atoms with E-state index in [-0.39, 0.29) is 12.2 Å². The van der Waals surface area contributed by atoms with Gasteiger partial charge in [-0.25, -0.2) is 4.79 Å². The fraction of sp³-hybridized carbons (Fsp3) is 0.222. The third-order valence-corrected chi connectivity index (χ3v) is 4.08. The molecule has 0 radical (unpaired) electrons. The van der Waals surface area contributed by atoms with Gasteiger partial charge in [0.15, 0.2) is 5.75 Å². The van der Waals surface area contributed by atoms with Gasteiger partial charge < -0.3 is 9.84 Å². The predicted octanol–water partition coefficient (Wildman–Crippen LogP) is 2.08. The van der Waals surface area contributed by atoms with Crippen LogP contribution < -0.4 is 16.1 Å². The molecule has 0 aliphatic rings. The second kappa shape index (κ2) is 7.49. The van der Waals surface area contributed by atoms with Crippen molar-refractivity contribution in [3.05, 3.63) is 55.2 Å². The lowest BCUT2D eigenvalue weighted by molar-refractivity contribution is 0.0521. The standard InChI is InChI=1S/C18H18BrNO4/c1-4-13-14(5-2)20(12-9-7-11(19)8-10-12)17(22)16(21)15(13)18(23)24-6-3/h4-5,7-10,21H,6H2,1-3H3. The van der Waals surface area contributed by atoms with Gasteiger partial charge in [0.1, 0.15) is 5.56 Å². The summed E-state index contributed by atoms with van der Waals surface area (Å²) < 4.78 is 7.23. The molecule has 1 N–H and O–H groups in total. The number of esters is 1. The molecule has 0 unspecified atom stereocenters. The Hall–Kier alpha value is -2.34. The number of benzene rings is 1. The van der Waals surface area contributed by atoms with Crippen molar-refractivity contribution in [1.82, 2.24) is 4.57 Å². The van der Waals surface area contributed by atoms with Gasteiger partial charge in [0, 0.05) is 15.4 Å². The minimum absolute atomic E-state index is 0.106. The second-order valence-corrected chi connectivity index (χ2v) is 5.85. The smallest absolute Gasteiger partial charge is 0.342 e. The lowest BCUT2D eigenvalue weighted by Gasteiger charge is -2.12. The monoisotopic (exact) mass is 391 g/mol. The van der Waals surface area contributed by atoms with E-state index >= 15 is 0 Å². The van der Waals surface area contributed by atoms with Gasteiger partial charge in [-0.2, -0.15) is 0 Å². The maximum atomic E-state index is 12.7. The number of hydrogen-bond acceptors (Lipinski definition) is 4. The first-order chi connectivity index (χ1) is 11.5. The number of aromatic nitrogens is 1. The quantitative estimate of drug-likeness (QED) is 0.813. The Labute approximate surface area is 147 Å². The molecule has 126 valence electrons. The SMILES string of the molecule is CC=c1c(C(=O)OCC)c(O)c(=O)n(-c2ccc(Br)cc2)c1=CC. The van der Waals surface area contributed by atoms with Crippen LogP contribution in [-0.2, 0) is 4.74 Å². The molecule has 0 saturated carbocycles. The summed E-state index contributed by atoms with van der Waals surface area (Å²) in [5.41, 5.74) is -0.185. The van der Waals surface area contributed by atoms with Crippen LogP contribution in [0.4, 0.5) is 0 Å². The number of aromatic hydroxyl groups is 1. The van der Waals surface area contributed by atoms with Crippen molar-refractivity contribution in [2.24, 2.45) is 0 Å². The topological polar surface area (TPSA) is 68.5 Å². The predicted molar refractivity (Wildman–Crippen MR) is 96.9 cm³/mol. The zero-order valence-electron chi connectivity index (χ0n) is 13.7. The molecule has 1 heterocycles. The molecule has 0 aliphatic heterocycles. The van der Waals surface area contributed by atoms with Gasteiger partial charge in [0.2, 0.25) is 0 Å². The lowest BCUT2D eigenvalue weighted by Crippen LogP contribution is -2.45. The molecular weight excluding hydrogens is 374 g/mol. The molecule has 0 bridgehead atoms. The number of rotatable bonds is 3. The average molecular weight is 392 g/mol. The zero-order chi connectivity index (χ0) is 17.9. The van der Waals surface area contributed by atoms with E-state index in [1.807, 2.05) is 0 Å². The fourth-order valence-corrected chi connectivity index (χ4v) is 2.80. The summed E-state index contributed by atoms with van der Waals surface area (Å²) in [5.74, 6) is -1.33. The van der Waals surface area contributed by atoms with Gasteiger partial charge in [-0.3, -0.25) is 9.36 Å². The van der Waals surface area contributed by atoms with E-state index in [2.05, 4.69) is 15.9 Å². The first-order valence-electron chi connectivity index (χ1n) is 7.49. The maximum absolute atomic E-state index is 12.7. The van der Waals surface area contributed by atoms with Crippen molar-refractivity contribution in [2.75, 3.05) is 6.61 Å². The van der Waals surface area contributed by atoms with Gasteiger partial charge in [0.05, 0.1) is 12.0 Å². The average Bonchev–Trinajstić information content (AvgIpc) is 2.57. The molecule has 2 aromatic rings. The summed E-state index contributed by atoms with van der Waals surface area (Å²) in [4.78, 5) is 24.9. The number of carbonyl (C=O) groups is 1. The van der Waals surface area contributed by atoms with Crippen LogP contribution in [0.5, 0.6) is 5.75 Å². The summed E-state index contributed by atoms with van der Waals surface area (Å²) in [6.45, 7) is 5.33. The molecule has 0 amide bonds. The minimum Gasteiger partial charge on any atom is -0.502 e. The highest BCUT2D eigenvalue weighted by atomic mass is 79.9. The van der Waals surface area contributed by atoms with Gasteiger partial charge in [0.25, 0.3) is 5.56 Å². The molecule has 2 rings (SSSR count). The highest BCUT2D eigenvalue weighted by Crippen LogP contribution is 2.13. The number of nitrogens with zero attached hydrogens (tertiary/aromatic N) is 1. The van der Waals surface area contributed by atoms with Crippen LogP contribution in [0, 0.1) is 0 Å². The van der Waals surface area contributed by atoms with Crippen LogP contribution in [0.3, 0.4) is 0 Å². The van der Waals surface area contributed by atoms with E-state index in [4.69, 9.17) is 4.74 Å². The normalized spacial score (nSPS) is 12.5. The Kier molecular flexibility index (Phi) is 5.62. The molecule has 24 heavy (non-hydrogen) atoms. The van der Waals surface area contributed by atoms with Gasteiger partial charge >= 0.3 is 5.97 Å². The summed E-state index contributed by atoms with van der Waals surface area (Å²) in [6.07, 6.45) is 3.40. The molecule has 0 saturated heterocycles. The number of ether oxygens (including phenoxy) is 1. The molecule has 1 aromatic heterocycles. The Morgan fingerprint density at radius 2 is 1.88 bits per heavy atom. The van der Waals surface area contributed by atoms with Crippen LogP contribution in [0.15, 0.2) is 33.5 Å². The summed E-state index contributed by atoms with van der Waals surface area (Å²) >= 11 is 3.35. The molecule has 0 aliphatic carbocycles. The maximum Gasteiger partial charge on any atom is 0.342 e. The third-order valence-electron chi connectivity index (χ3n) is 3.56. The Morgan fingerprint density at radius 3 is 2.38 bits per heavy atom. The number of hydrogen-bond donors (Lipinski definition) is 1. The summed E-state index contributed by atoms with van der Waals surface area (Å²) in [6, 6.07) is 7.10. The molecule has 5 nitrogen and oxygen atoms in total. The number of carbonyl (C=O) groups excluding carboxylic acids is 1. The van der Waals surface area contributed by atoms with E-state index in [1.165, 1.54) is 4.57 Å². The molecule has 0 spiro atoms. The first kappa shape index (κ1) is 18.0. The highest BCUT2D eigenvalue weighted by molar-refractivity contribution is 9.10. The fourth-order valence-electron chi connectivity index (χ4n) is 2.53. The van der Waals surface area contributed by atoms with Gasteiger partial charge in [-0.15, -0.1) is 0 Å². The Bertz CT molecular complexity index is 943. The number of pyridine rings is 1. The Morgan fingerprint density at radius 1 is 1.25 bits per heavy atom. The van der Waals surface area contributed by atoms with Crippen LogP contribution >= 0.6 is 15.9 Å².